The van der Waals surface area contributed by atoms with E-state index in [2.05, 4.69) is 5.32 Å². The molecule has 1 aromatic heterocycles. The highest BCUT2D eigenvalue weighted by molar-refractivity contribution is 7.17. The summed E-state index contributed by atoms with van der Waals surface area (Å²) in [6.07, 6.45) is 5.51. The van der Waals surface area contributed by atoms with Gasteiger partial charge in [0.15, 0.2) is 0 Å². The summed E-state index contributed by atoms with van der Waals surface area (Å²) < 4.78 is 18.3. The Kier molecular flexibility index (Phi) is 5.52. The van der Waals surface area contributed by atoms with Crippen molar-refractivity contribution in [3.8, 4) is 0 Å². The van der Waals surface area contributed by atoms with E-state index in [9.17, 15) is 14.0 Å². The number of hydrogen-bond acceptors (Lipinski definition) is 4. The maximum atomic E-state index is 12.9. The minimum Gasteiger partial charge on any atom is -0.459 e. The molecule has 0 fully saturated rings. The molecule has 0 aliphatic heterocycles. The number of amides is 1. The number of hydrogen-bond donors (Lipinski definition) is 1. The van der Waals surface area contributed by atoms with Crippen molar-refractivity contribution in [1.82, 2.24) is 0 Å². The molecule has 1 amide bonds. The highest BCUT2D eigenvalue weighted by Crippen LogP contribution is 2.39. The van der Waals surface area contributed by atoms with Crippen molar-refractivity contribution >= 4 is 34.3 Å². The summed E-state index contributed by atoms with van der Waals surface area (Å²) in [7, 11) is 0. The average molecular weight is 373 g/mol. The van der Waals surface area contributed by atoms with Gasteiger partial charge in [-0.05, 0) is 62.4 Å². The lowest BCUT2D eigenvalue weighted by atomic mass is 10.1. The van der Waals surface area contributed by atoms with Crippen LogP contribution in [0.15, 0.2) is 30.3 Å². The van der Waals surface area contributed by atoms with E-state index in [1.54, 1.807) is 32.1 Å². The standard InChI is InChI=1S/C20H20FNO3S/c1-12(2)25-20(24)18-15-4-3-5-16(15)26-19(18)22-17(23)11-8-13-6-9-14(21)10-7-13/h6-12H,3-5H2,1-2H3,(H,22,23)/b11-8-. The Morgan fingerprint density at radius 2 is 1.96 bits per heavy atom. The average Bonchev–Trinajstić information content (AvgIpc) is 3.14. The van der Waals surface area contributed by atoms with Crippen LogP contribution in [0.4, 0.5) is 9.39 Å². The molecule has 26 heavy (non-hydrogen) atoms. The fourth-order valence-electron chi connectivity index (χ4n) is 2.88. The predicted molar refractivity (Wildman–Crippen MR) is 101 cm³/mol. The quantitative estimate of drug-likeness (QED) is 0.616. The van der Waals surface area contributed by atoms with Crippen LogP contribution in [0.25, 0.3) is 6.08 Å². The number of rotatable bonds is 5. The van der Waals surface area contributed by atoms with E-state index in [4.69, 9.17) is 4.74 Å². The molecule has 0 spiro atoms. The van der Waals surface area contributed by atoms with Gasteiger partial charge in [0.1, 0.15) is 10.8 Å². The van der Waals surface area contributed by atoms with Gasteiger partial charge in [0.2, 0.25) is 5.91 Å². The number of ether oxygens (including phenoxy) is 1. The van der Waals surface area contributed by atoms with Gasteiger partial charge in [0, 0.05) is 11.0 Å². The van der Waals surface area contributed by atoms with E-state index in [1.807, 2.05) is 0 Å². The van der Waals surface area contributed by atoms with Crippen LogP contribution in [-0.4, -0.2) is 18.0 Å². The molecule has 0 saturated heterocycles. The van der Waals surface area contributed by atoms with Crippen LogP contribution < -0.4 is 5.32 Å². The number of thiophene rings is 1. The largest absolute Gasteiger partial charge is 0.459 e. The second-order valence-electron chi connectivity index (χ2n) is 6.39. The number of anilines is 1. The molecule has 1 aliphatic rings. The maximum absolute atomic E-state index is 12.9. The highest BCUT2D eigenvalue weighted by atomic mass is 32.1. The van der Waals surface area contributed by atoms with Crippen LogP contribution >= 0.6 is 11.3 Å². The highest BCUT2D eigenvalue weighted by Gasteiger charge is 2.28. The second-order valence-corrected chi connectivity index (χ2v) is 7.49. The third kappa shape index (κ3) is 4.19. The van der Waals surface area contributed by atoms with Crippen LogP contribution in [0.3, 0.4) is 0 Å². The molecular formula is C20H20FNO3S. The molecule has 0 radical (unpaired) electrons. The van der Waals surface area contributed by atoms with Crippen molar-refractivity contribution in [1.29, 1.82) is 0 Å². The number of carbonyl (C=O) groups is 2. The van der Waals surface area contributed by atoms with Crippen molar-refractivity contribution in [2.45, 2.75) is 39.2 Å². The van der Waals surface area contributed by atoms with Crippen molar-refractivity contribution in [3.05, 3.63) is 57.7 Å². The number of carbonyl (C=O) groups excluding carboxylic acids is 2. The SMILES string of the molecule is CC(C)OC(=O)c1c(NC(=O)/C=C\c2ccc(F)cc2)sc2c1CCC2. The van der Waals surface area contributed by atoms with Crippen LogP contribution in [0.5, 0.6) is 0 Å². The van der Waals surface area contributed by atoms with E-state index in [0.29, 0.717) is 10.6 Å². The number of aryl methyl sites for hydroxylation is 1. The third-order valence-corrected chi connectivity index (χ3v) is 5.21. The second kappa shape index (κ2) is 7.83. The normalized spacial score (nSPS) is 13.2. The molecule has 2 aromatic rings. The Hall–Kier alpha value is -2.47. The van der Waals surface area contributed by atoms with Gasteiger partial charge in [-0.1, -0.05) is 12.1 Å². The summed E-state index contributed by atoms with van der Waals surface area (Å²) in [6.45, 7) is 3.60. The molecular weight excluding hydrogens is 353 g/mol. The molecule has 1 heterocycles. The summed E-state index contributed by atoms with van der Waals surface area (Å²) in [5.41, 5.74) is 2.20. The molecule has 0 atom stereocenters. The van der Waals surface area contributed by atoms with Crippen LogP contribution in [-0.2, 0) is 22.4 Å². The van der Waals surface area contributed by atoms with Gasteiger partial charge >= 0.3 is 5.97 Å². The summed E-state index contributed by atoms with van der Waals surface area (Å²) in [5, 5.41) is 3.33. The lowest BCUT2D eigenvalue weighted by Gasteiger charge is -2.10. The Bertz CT molecular complexity index is 853. The molecule has 1 N–H and O–H groups in total. The first-order valence-electron chi connectivity index (χ1n) is 8.54. The van der Waals surface area contributed by atoms with Gasteiger partial charge < -0.3 is 10.1 Å². The molecule has 1 aromatic carbocycles. The molecule has 4 nitrogen and oxygen atoms in total. The van der Waals surface area contributed by atoms with Crippen LogP contribution in [0.2, 0.25) is 0 Å². The Labute approximate surface area is 155 Å². The van der Waals surface area contributed by atoms with Gasteiger partial charge in [-0.15, -0.1) is 11.3 Å². The number of halogens is 1. The van der Waals surface area contributed by atoms with E-state index >= 15 is 0 Å². The summed E-state index contributed by atoms with van der Waals surface area (Å²) >= 11 is 1.44. The topological polar surface area (TPSA) is 55.4 Å². The third-order valence-electron chi connectivity index (χ3n) is 4.00. The Morgan fingerprint density at radius 1 is 1.23 bits per heavy atom. The van der Waals surface area contributed by atoms with Crippen LogP contribution in [0, 0.1) is 5.82 Å². The van der Waals surface area contributed by atoms with E-state index < -0.39 is 5.97 Å². The molecule has 0 unspecified atom stereocenters. The van der Waals surface area contributed by atoms with Crippen molar-refractivity contribution < 1.29 is 18.7 Å². The van der Waals surface area contributed by atoms with Gasteiger partial charge in [-0.3, -0.25) is 4.79 Å². The first kappa shape index (κ1) is 18.3. The van der Waals surface area contributed by atoms with Gasteiger partial charge in [0.25, 0.3) is 0 Å². The maximum Gasteiger partial charge on any atom is 0.341 e. The van der Waals surface area contributed by atoms with Gasteiger partial charge in [-0.25, -0.2) is 9.18 Å². The smallest absolute Gasteiger partial charge is 0.341 e. The minimum atomic E-state index is -0.391. The predicted octanol–water partition coefficient (Wildman–Crippen LogP) is 4.59. The lowest BCUT2D eigenvalue weighted by Crippen LogP contribution is -2.16. The zero-order chi connectivity index (χ0) is 18.7. The van der Waals surface area contributed by atoms with Crippen molar-refractivity contribution in [3.63, 3.8) is 0 Å². The van der Waals surface area contributed by atoms with E-state index in [0.717, 1.165) is 35.3 Å². The fraction of sp³-hybridized carbons (Fsp3) is 0.300. The first-order chi connectivity index (χ1) is 12.4. The number of fused-ring (bicyclic) bond motifs is 1. The summed E-state index contributed by atoms with van der Waals surface area (Å²) in [6, 6.07) is 5.84. The molecule has 0 bridgehead atoms. The molecule has 1 aliphatic carbocycles. The van der Waals surface area contributed by atoms with Crippen LogP contribution in [0.1, 0.15) is 46.6 Å². The fourth-order valence-corrected chi connectivity index (χ4v) is 4.16. The molecule has 3 rings (SSSR count). The molecule has 6 heteroatoms. The molecule has 0 saturated carbocycles. The summed E-state index contributed by atoms with van der Waals surface area (Å²) in [5.74, 6) is -1.06. The number of nitrogens with one attached hydrogen (secondary N) is 1. The Balaban J connectivity index is 1.77. The van der Waals surface area contributed by atoms with Crippen molar-refractivity contribution in [2.24, 2.45) is 0 Å². The van der Waals surface area contributed by atoms with Gasteiger partial charge in [0.05, 0.1) is 11.7 Å². The van der Waals surface area contributed by atoms with Crippen molar-refractivity contribution in [2.75, 3.05) is 5.32 Å². The lowest BCUT2D eigenvalue weighted by molar-refractivity contribution is -0.111. The Morgan fingerprint density at radius 3 is 2.65 bits per heavy atom. The number of benzene rings is 1. The monoisotopic (exact) mass is 373 g/mol. The van der Waals surface area contributed by atoms with Gasteiger partial charge in [-0.2, -0.15) is 0 Å². The zero-order valence-electron chi connectivity index (χ0n) is 14.7. The molecule has 136 valence electrons. The first-order valence-corrected chi connectivity index (χ1v) is 9.36. The zero-order valence-corrected chi connectivity index (χ0v) is 15.5. The minimum absolute atomic E-state index is 0.221. The number of esters is 1. The van der Waals surface area contributed by atoms with E-state index in [1.165, 1.54) is 29.5 Å². The van der Waals surface area contributed by atoms with E-state index in [-0.39, 0.29) is 17.8 Å². The summed E-state index contributed by atoms with van der Waals surface area (Å²) in [4.78, 5) is 25.9.